The van der Waals surface area contributed by atoms with Gasteiger partial charge in [0.2, 0.25) is 15.9 Å². The molecule has 37 heavy (non-hydrogen) atoms. The zero-order valence-corrected chi connectivity index (χ0v) is 22.3. The zero-order chi connectivity index (χ0) is 26.6. The summed E-state index contributed by atoms with van der Waals surface area (Å²) in [6, 6.07) is 20.3. The minimum Gasteiger partial charge on any atom is -0.477 e. The van der Waals surface area contributed by atoms with Crippen molar-refractivity contribution in [2.75, 3.05) is 24.5 Å². The third-order valence-corrected chi connectivity index (χ3v) is 8.49. The van der Waals surface area contributed by atoms with Gasteiger partial charge in [0.25, 0.3) is 5.91 Å². The SMILES string of the molecule is CCN(CC(=O)N1CC(C(=O)NCc2ccccc2)Oc2ccccc21)S(=O)(=O)c1cc(Cl)ccc1Cl. The number of fused-ring (bicyclic) bond motifs is 1. The summed E-state index contributed by atoms with van der Waals surface area (Å²) in [5, 5.41) is 3.04. The van der Waals surface area contributed by atoms with Crippen LogP contribution in [0, 0.1) is 0 Å². The van der Waals surface area contributed by atoms with Crippen LogP contribution in [0.25, 0.3) is 0 Å². The van der Waals surface area contributed by atoms with Gasteiger partial charge in [-0.15, -0.1) is 0 Å². The number of sulfonamides is 1. The monoisotopic (exact) mass is 561 g/mol. The van der Waals surface area contributed by atoms with Crippen molar-refractivity contribution in [1.29, 1.82) is 0 Å². The fourth-order valence-electron chi connectivity index (χ4n) is 3.92. The smallest absolute Gasteiger partial charge is 0.263 e. The van der Waals surface area contributed by atoms with E-state index in [1.807, 2.05) is 30.3 Å². The molecule has 194 valence electrons. The first-order valence-corrected chi connectivity index (χ1v) is 13.7. The summed E-state index contributed by atoms with van der Waals surface area (Å²) < 4.78 is 33.5. The van der Waals surface area contributed by atoms with Crippen LogP contribution in [0.5, 0.6) is 5.75 Å². The summed E-state index contributed by atoms with van der Waals surface area (Å²) in [4.78, 5) is 27.6. The molecule has 1 aliphatic rings. The summed E-state index contributed by atoms with van der Waals surface area (Å²) >= 11 is 12.1. The maximum absolute atomic E-state index is 13.5. The number of rotatable bonds is 8. The molecule has 1 unspecified atom stereocenters. The van der Waals surface area contributed by atoms with Crippen LogP contribution in [0.15, 0.2) is 77.7 Å². The van der Waals surface area contributed by atoms with Crippen molar-refractivity contribution in [1.82, 2.24) is 9.62 Å². The number of ether oxygens (including phenoxy) is 1. The molecule has 2 amide bonds. The van der Waals surface area contributed by atoms with E-state index in [9.17, 15) is 18.0 Å². The van der Waals surface area contributed by atoms with Crippen LogP contribution in [0.1, 0.15) is 12.5 Å². The molecule has 11 heteroatoms. The van der Waals surface area contributed by atoms with Crippen LogP contribution in [-0.4, -0.2) is 50.3 Å². The van der Waals surface area contributed by atoms with Gasteiger partial charge in [-0.1, -0.05) is 72.6 Å². The molecule has 0 saturated heterocycles. The Morgan fingerprint density at radius 2 is 1.76 bits per heavy atom. The number of benzene rings is 3. The second kappa shape index (κ2) is 11.5. The second-order valence-electron chi connectivity index (χ2n) is 8.29. The molecule has 0 saturated carbocycles. The average Bonchev–Trinajstić information content (AvgIpc) is 2.91. The Balaban J connectivity index is 1.54. The van der Waals surface area contributed by atoms with Crippen LogP contribution < -0.4 is 15.0 Å². The van der Waals surface area contributed by atoms with E-state index >= 15 is 0 Å². The Labute approximate surface area is 225 Å². The summed E-state index contributed by atoms with van der Waals surface area (Å²) in [6.45, 7) is 1.40. The lowest BCUT2D eigenvalue weighted by molar-refractivity contribution is -0.128. The first-order chi connectivity index (χ1) is 17.7. The van der Waals surface area contributed by atoms with Crippen molar-refractivity contribution >= 4 is 50.7 Å². The lowest BCUT2D eigenvalue weighted by Crippen LogP contribution is -2.53. The van der Waals surface area contributed by atoms with Gasteiger partial charge in [0.1, 0.15) is 10.6 Å². The molecule has 0 bridgehead atoms. The highest BCUT2D eigenvalue weighted by Crippen LogP contribution is 2.34. The number of carbonyl (C=O) groups is 2. The maximum Gasteiger partial charge on any atom is 0.263 e. The number of likely N-dealkylation sites (N-methyl/N-ethyl adjacent to an activating group) is 1. The Morgan fingerprint density at radius 1 is 1.05 bits per heavy atom. The molecule has 8 nitrogen and oxygen atoms in total. The van der Waals surface area contributed by atoms with Gasteiger partial charge in [-0.2, -0.15) is 4.31 Å². The van der Waals surface area contributed by atoms with E-state index in [2.05, 4.69) is 5.32 Å². The highest BCUT2D eigenvalue weighted by atomic mass is 35.5. The molecule has 0 fully saturated rings. The third-order valence-electron chi connectivity index (χ3n) is 5.85. The fraction of sp³-hybridized carbons (Fsp3) is 0.231. The van der Waals surface area contributed by atoms with Crippen molar-refractivity contribution in [2.24, 2.45) is 0 Å². The normalized spacial score (nSPS) is 15.1. The van der Waals surface area contributed by atoms with Crippen molar-refractivity contribution in [3.05, 3.63) is 88.4 Å². The lowest BCUT2D eigenvalue weighted by Gasteiger charge is -2.35. The Bertz CT molecular complexity index is 1400. The molecular formula is C26H25Cl2N3O5S. The molecule has 0 aliphatic carbocycles. The number of carbonyl (C=O) groups excluding carboxylic acids is 2. The summed E-state index contributed by atoms with van der Waals surface area (Å²) in [5.74, 6) is -0.548. The standard InChI is InChI=1S/C26H25Cl2N3O5S/c1-2-30(37(34,35)24-14-19(27)12-13-20(24)28)17-25(32)31-16-23(36-22-11-7-6-10-21(22)31)26(33)29-15-18-8-4-3-5-9-18/h3-14,23H,2,15-17H2,1H3,(H,29,33). The topological polar surface area (TPSA) is 96.0 Å². The Hall–Kier alpha value is -3.11. The van der Waals surface area contributed by atoms with Crippen molar-refractivity contribution in [3.8, 4) is 5.75 Å². The first-order valence-electron chi connectivity index (χ1n) is 11.5. The van der Waals surface area contributed by atoms with Crippen molar-refractivity contribution in [3.63, 3.8) is 0 Å². The van der Waals surface area contributed by atoms with Crippen LogP contribution in [-0.2, 0) is 26.2 Å². The number of nitrogens with zero attached hydrogens (tertiary/aromatic N) is 2. The molecule has 0 spiro atoms. The number of para-hydroxylation sites is 2. The van der Waals surface area contributed by atoms with Gasteiger partial charge < -0.3 is 15.0 Å². The number of halogens is 2. The predicted octanol–water partition coefficient (Wildman–Crippen LogP) is 4.11. The van der Waals surface area contributed by atoms with Gasteiger partial charge in [-0.05, 0) is 35.9 Å². The largest absolute Gasteiger partial charge is 0.477 e. The first kappa shape index (κ1) is 26.9. The molecule has 1 atom stereocenters. The van der Waals surface area contributed by atoms with E-state index < -0.39 is 28.6 Å². The van der Waals surface area contributed by atoms with E-state index in [4.69, 9.17) is 27.9 Å². The van der Waals surface area contributed by atoms with Gasteiger partial charge in [0.05, 0.1) is 23.8 Å². The Morgan fingerprint density at radius 3 is 2.49 bits per heavy atom. The number of hydrogen-bond donors (Lipinski definition) is 1. The van der Waals surface area contributed by atoms with Crippen molar-refractivity contribution in [2.45, 2.75) is 24.5 Å². The molecule has 1 heterocycles. The van der Waals surface area contributed by atoms with Crippen LogP contribution in [0.3, 0.4) is 0 Å². The number of hydrogen-bond acceptors (Lipinski definition) is 5. The molecule has 3 aromatic rings. The third kappa shape index (κ3) is 6.07. The predicted molar refractivity (Wildman–Crippen MR) is 142 cm³/mol. The van der Waals surface area contributed by atoms with E-state index in [0.29, 0.717) is 18.0 Å². The lowest BCUT2D eigenvalue weighted by atomic mass is 10.1. The van der Waals surface area contributed by atoms with Gasteiger partial charge in [-0.3, -0.25) is 9.59 Å². The van der Waals surface area contributed by atoms with Gasteiger partial charge in [0.15, 0.2) is 6.10 Å². The minimum absolute atomic E-state index is 0.00201. The molecule has 0 aromatic heterocycles. The molecular weight excluding hydrogens is 537 g/mol. The van der Waals surface area contributed by atoms with E-state index in [-0.39, 0.29) is 33.9 Å². The summed E-state index contributed by atoms with van der Waals surface area (Å²) in [5.41, 5.74) is 1.37. The molecule has 1 aliphatic heterocycles. The van der Waals surface area contributed by atoms with Crippen molar-refractivity contribution < 1.29 is 22.7 Å². The van der Waals surface area contributed by atoms with Crippen LogP contribution >= 0.6 is 23.2 Å². The Kier molecular flexibility index (Phi) is 8.39. The average molecular weight is 562 g/mol. The van der Waals surface area contributed by atoms with Gasteiger partial charge >= 0.3 is 0 Å². The summed E-state index contributed by atoms with van der Waals surface area (Å²) in [7, 11) is -4.13. The number of anilines is 1. The molecule has 3 aromatic carbocycles. The summed E-state index contributed by atoms with van der Waals surface area (Å²) in [6.07, 6.45) is -0.975. The highest BCUT2D eigenvalue weighted by molar-refractivity contribution is 7.89. The number of amides is 2. The quantitative estimate of drug-likeness (QED) is 0.446. The van der Waals surface area contributed by atoms with E-state index in [1.54, 1.807) is 31.2 Å². The number of nitrogens with one attached hydrogen (secondary N) is 1. The van der Waals surface area contributed by atoms with Gasteiger partial charge in [0, 0.05) is 18.1 Å². The van der Waals surface area contributed by atoms with E-state index in [1.165, 1.54) is 23.1 Å². The van der Waals surface area contributed by atoms with E-state index in [0.717, 1.165) is 9.87 Å². The zero-order valence-electron chi connectivity index (χ0n) is 19.9. The second-order valence-corrected chi connectivity index (χ2v) is 11.0. The molecule has 0 radical (unpaired) electrons. The van der Waals surface area contributed by atoms with Crippen LogP contribution in [0.4, 0.5) is 5.69 Å². The highest BCUT2D eigenvalue weighted by Gasteiger charge is 2.36. The molecule has 4 rings (SSSR count). The maximum atomic E-state index is 13.5. The minimum atomic E-state index is -4.13. The van der Waals surface area contributed by atoms with Gasteiger partial charge in [-0.25, -0.2) is 8.42 Å². The molecule has 1 N–H and O–H groups in total. The fourth-order valence-corrected chi connectivity index (χ4v) is 6.06. The van der Waals surface area contributed by atoms with Crippen LogP contribution in [0.2, 0.25) is 10.0 Å².